The van der Waals surface area contributed by atoms with Gasteiger partial charge in [-0.1, -0.05) is 49.1 Å². The highest BCUT2D eigenvalue weighted by Crippen LogP contribution is 2.22. The van der Waals surface area contributed by atoms with Crippen molar-refractivity contribution in [2.24, 2.45) is 0 Å². The van der Waals surface area contributed by atoms with Gasteiger partial charge in [0.1, 0.15) is 5.75 Å². The van der Waals surface area contributed by atoms with Crippen LogP contribution >= 0.6 is 0 Å². The van der Waals surface area contributed by atoms with Gasteiger partial charge in [0.25, 0.3) is 0 Å². The normalized spacial score (nSPS) is 28.3. The molecule has 0 saturated carbocycles. The third-order valence-electron chi connectivity index (χ3n) is 3.13. The minimum atomic E-state index is -3.88. The van der Waals surface area contributed by atoms with E-state index in [1.165, 1.54) is 5.32 Å². The molecule has 1 atom stereocenters. The minimum absolute atomic E-state index is 0.382. The van der Waals surface area contributed by atoms with Crippen molar-refractivity contribution in [3.05, 3.63) is 65.1 Å². The molecule has 0 radical (unpaired) electrons. The van der Waals surface area contributed by atoms with Crippen LogP contribution in [0.15, 0.2) is 48.4 Å². The second-order valence-corrected chi connectivity index (χ2v) is 5.25. The topological polar surface area (TPSA) is 82.0 Å². The Morgan fingerprint density at radius 3 is 2.70 bits per heavy atom. The first-order chi connectivity index (χ1) is 23.4. The van der Waals surface area contributed by atoms with Crippen LogP contribution in [0.5, 0.6) is 5.75 Å². The number of hydrogen-bond acceptors (Lipinski definition) is 5. The number of benzene rings is 2. The average molecular weight is 439 g/mol. The summed E-state index contributed by atoms with van der Waals surface area (Å²) in [5, 5.41) is 31.7. The van der Waals surface area contributed by atoms with Crippen LogP contribution in [0.4, 0.5) is 0 Å². The molecule has 0 heterocycles. The third-order valence-corrected chi connectivity index (χ3v) is 3.13. The molecular weight excluding hydrogens is 378 g/mol. The van der Waals surface area contributed by atoms with Crippen molar-refractivity contribution in [2.75, 3.05) is 26.2 Å². The van der Waals surface area contributed by atoms with E-state index in [4.69, 9.17) is 36.3 Å². The summed E-state index contributed by atoms with van der Waals surface area (Å²) in [5.74, 6) is -1.09. The Morgan fingerprint density at radius 2 is 1.90 bits per heavy atom. The van der Waals surface area contributed by atoms with E-state index >= 15 is 0 Å². The molecule has 0 saturated heterocycles. The van der Waals surface area contributed by atoms with Gasteiger partial charge < -0.3 is 25.4 Å². The lowest BCUT2D eigenvalue weighted by atomic mass is 10.1. The maximum absolute atomic E-state index is 10.9. The molecule has 0 fully saturated rings. The van der Waals surface area contributed by atoms with Crippen LogP contribution in [0, 0.1) is 0 Å². The molecule has 2 aromatic rings. The predicted molar refractivity (Wildman–Crippen MR) is 121 cm³/mol. The summed E-state index contributed by atoms with van der Waals surface area (Å²) < 4.78 is 191. The standard InChI is InChI=1S/C25H37NO4/c27-20-23-18-22(13-14-24(23)28)25(29)19-26-15-7-1-2-8-16-30-17-9-6-12-21-10-4-3-5-11-21/h3-5,10-11,13-14,18,25-29H,1-2,6-9,12,15-17,19-20H2/i3D,6D2,7D2,8D2,9D2,10D,11D,12D2,13D,14D,15D2,16D2,18D,19D2,25D. The summed E-state index contributed by atoms with van der Waals surface area (Å²) in [7, 11) is 0. The molecular formula is C25H37NO4. The van der Waals surface area contributed by atoms with Gasteiger partial charge in [-0.15, -0.1) is 0 Å². The molecule has 30 heavy (non-hydrogen) atoms. The summed E-state index contributed by atoms with van der Waals surface area (Å²) in [6.45, 7) is -14.0. The zero-order valence-electron chi connectivity index (χ0n) is 38.7. The van der Waals surface area contributed by atoms with Crippen molar-refractivity contribution in [2.45, 2.75) is 57.4 Å². The lowest BCUT2D eigenvalue weighted by Gasteiger charge is -2.14. The van der Waals surface area contributed by atoms with Crippen molar-refractivity contribution in [3.8, 4) is 5.75 Å². The first-order valence-corrected chi connectivity index (χ1v) is 8.58. The summed E-state index contributed by atoms with van der Waals surface area (Å²) >= 11 is 0. The second-order valence-electron chi connectivity index (χ2n) is 5.25. The van der Waals surface area contributed by atoms with E-state index in [0.29, 0.717) is 0 Å². The fourth-order valence-electron chi connectivity index (χ4n) is 1.76. The Kier molecular flexibility index (Phi) is 3.79. The van der Waals surface area contributed by atoms with Gasteiger partial charge in [-0.25, -0.2) is 0 Å². The second kappa shape index (κ2) is 15.0. The molecule has 0 spiro atoms. The molecule has 0 bridgehead atoms. The highest BCUT2D eigenvalue weighted by Gasteiger charge is 2.09. The maximum atomic E-state index is 10.9. The number of ether oxygens (including phenoxy) is 1. The average Bonchev–Trinajstić information content (AvgIpc) is 2.96. The van der Waals surface area contributed by atoms with Gasteiger partial charge >= 0.3 is 0 Å². The van der Waals surface area contributed by atoms with E-state index in [9.17, 15) is 15.3 Å². The molecule has 166 valence electrons. The highest BCUT2D eigenvalue weighted by atomic mass is 16.5. The Bertz CT molecular complexity index is 1660. The van der Waals surface area contributed by atoms with Crippen LogP contribution in [-0.2, 0) is 17.7 Å². The zero-order valence-corrected chi connectivity index (χ0v) is 15.7. The van der Waals surface area contributed by atoms with Crippen LogP contribution in [0.1, 0.15) is 92.6 Å². The fourth-order valence-corrected chi connectivity index (χ4v) is 1.76. The lowest BCUT2D eigenvalue weighted by molar-refractivity contribution is 0.126. The first-order valence-electron chi connectivity index (χ1n) is 20.1. The Balaban J connectivity index is 2.32. The largest absolute Gasteiger partial charge is 0.508 e. The van der Waals surface area contributed by atoms with Gasteiger partial charge in [0.2, 0.25) is 0 Å². The van der Waals surface area contributed by atoms with Gasteiger partial charge in [0, 0.05) is 44.4 Å². The van der Waals surface area contributed by atoms with Gasteiger partial charge in [-0.3, -0.25) is 0 Å². The number of phenols is 1. The lowest BCUT2D eigenvalue weighted by Crippen LogP contribution is -2.22. The van der Waals surface area contributed by atoms with E-state index < -0.39 is 136 Å². The van der Waals surface area contributed by atoms with Crippen molar-refractivity contribution < 1.29 is 51.6 Å². The van der Waals surface area contributed by atoms with Gasteiger partial charge in [0.05, 0.1) is 25.0 Å². The van der Waals surface area contributed by atoms with E-state index in [-0.39, 0.29) is 6.04 Å². The molecule has 0 aromatic heterocycles. The summed E-state index contributed by atoms with van der Waals surface area (Å²) in [6, 6.07) is -3.96. The molecule has 0 amide bonds. The van der Waals surface area contributed by atoms with Crippen LogP contribution in [0.3, 0.4) is 0 Å². The quantitative estimate of drug-likeness (QED) is 0.317. The predicted octanol–water partition coefficient (Wildman–Crippen LogP) is 4.11. The molecule has 0 aliphatic carbocycles. The van der Waals surface area contributed by atoms with Crippen LogP contribution in [0.2, 0.25) is 0 Å². The number of aliphatic hydroxyl groups excluding tert-OH is 1. The summed E-state index contributed by atoms with van der Waals surface area (Å²) in [5.41, 5.74) is -3.03. The summed E-state index contributed by atoms with van der Waals surface area (Å²) in [6.07, 6.45) is -24.0. The van der Waals surface area contributed by atoms with Crippen molar-refractivity contribution in [1.82, 2.24) is 5.32 Å². The monoisotopic (exact) mass is 438 g/mol. The molecule has 5 nitrogen and oxygen atoms in total. The molecule has 0 aliphatic rings. The fraction of sp³-hybridized carbons (Fsp3) is 0.520. The first kappa shape index (κ1) is 7.59. The highest BCUT2D eigenvalue weighted by molar-refractivity contribution is 5.36. The van der Waals surface area contributed by atoms with Gasteiger partial charge in [0.15, 0.2) is 0 Å². The van der Waals surface area contributed by atoms with E-state index in [0.717, 1.165) is 12.1 Å². The van der Waals surface area contributed by atoms with E-state index in [1.807, 2.05) is 0 Å². The number of hydrogen-bond donors (Lipinski definition) is 4. The molecule has 4 N–H and O–H groups in total. The van der Waals surface area contributed by atoms with Crippen LogP contribution < -0.4 is 5.32 Å². The van der Waals surface area contributed by atoms with Gasteiger partial charge in [-0.05, 0) is 61.6 Å². The maximum Gasteiger partial charge on any atom is 0.121 e. The van der Waals surface area contributed by atoms with Crippen molar-refractivity contribution in [3.63, 3.8) is 0 Å². The zero-order chi connectivity index (χ0) is 41.9. The van der Waals surface area contributed by atoms with E-state index in [1.54, 1.807) is 0 Å². The minimum Gasteiger partial charge on any atom is -0.508 e. The Hall–Kier alpha value is -1.92. The Morgan fingerprint density at radius 1 is 1.10 bits per heavy atom. The third kappa shape index (κ3) is 9.72. The van der Waals surface area contributed by atoms with E-state index in [2.05, 4.69) is 0 Å². The van der Waals surface area contributed by atoms with Gasteiger partial charge in [-0.2, -0.15) is 0 Å². The van der Waals surface area contributed by atoms with Crippen LogP contribution in [-0.4, -0.2) is 41.5 Å². The number of aliphatic hydroxyl groups is 2. The van der Waals surface area contributed by atoms with Crippen LogP contribution in [0.25, 0.3) is 0 Å². The molecule has 2 rings (SSSR count). The summed E-state index contributed by atoms with van der Waals surface area (Å²) in [4.78, 5) is 0. The number of rotatable bonds is 16. The smallest absolute Gasteiger partial charge is 0.121 e. The number of nitrogens with one attached hydrogen (secondary N) is 1. The van der Waals surface area contributed by atoms with Crippen molar-refractivity contribution in [1.29, 1.82) is 0 Å². The molecule has 5 heteroatoms. The molecule has 2 aromatic carbocycles. The van der Waals surface area contributed by atoms with Crippen molar-refractivity contribution >= 4 is 0 Å². The number of aromatic hydroxyl groups is 1. The Labute approximate surface area is 213 Å². The molecule has 0 aliphatic heterocycles. The SMILES string of the molecule is [2H]c1cc([2H])c(C([2H])([2H])C([2H])([2H])C([2H])([2H])COC([2H])([2H])C([2H])([2H])CCC([2H])([2H])C([2H])([2H])NC([2H])([2H])C([2H])(O)c2c([2H])c([2H])c(O)c(CO)c2[2H])c([2H])c1. The molecule has 1 unspecified atom stereocenters.